The van der Waals surface area contributed by atoms with Crippen molar-refractivity contribution in [2.24, 2.45) is 0 Å². The standard InChI is InChI=1S/C22H22OS.Hg/c1-22(2,3)23-18-14-16-21(17-15-18)24(19-10-6-4-7-11-19)20-12-8-5-9-13-20;/h4-14,16-17H,1-3H3;/q+1;. The van der Waals surface area contributed by atoms with E-state index in [0.29, 0.717) is 26.1 Å². The monoisotopic (exact) mass is 536 g/mol. The summed E-state index contributed by atoms with van der Waals surface area (Å²) in [7, 11) is -0.0808. The Kier molecular flexibility index (Phi) is 5.91. The van der Waals surface area contributed by atoms with Crippen LogP contribution >= 0.6 is 0 Å². The molecule has 0 saturated heterocycles. The summed E-state index contributed by atoms with van der Waals surface area (Å²) < 4.78 is 7.50. The Morgan fingerprint density at radius 3 is 1.68 bits per heavy atom. The summed E-state index contributed by atoms with van der Waals surface area (Å²) in [5.74, 6) is 1.05. The van der Waals surface area contributed by atoms with Crippen molar-refractivity contribution in [3.63, 3.8) is 0 Å². The summed E-state index contributed by atoms with van der Waals surface area (Å²) >= 11 is 0.504. The van der Waals surface area contributed by atoms with E-state index < -0.39 is 0 Å². The van der Waals surface area contributed by atoms with Crippen LogP contribution < -0.4 is 7.81 Å². The van der Waals surface area contributed by atoms with Crippen molar-refractivity contribution in [3.8, 4) is 5.75 Å². The Labute approximate surface area is 169 Å². The molecule has 123 valence electrons. The molecule has 25 heavy (non-hydrogen) atoms. The Morgan fingerprint density at radius 1 is 0.720 bits per heavy atom. The quantitative estimate of drug-likeness (QED) is 0.333. The SMILES string of the molecule is CC(C)(C)Oc1ccc([S+](c2ccccc2)c2ccccc2)c[c]1[Hg]. The summed E-state index contributed by atoms with van der Waals surface area (Å²) in [6, 6.07) is 28.3. The van der Waals surface area contributed by atoms with Gasteiger partial charge >= 0.3 is 170 Å². The molecular weight excluding hydrogens is 513 g/mol. The molecule has 0 amide bonds. The predicted octanol–water partition coefficient (Wildman–Crippen LogP) is 5.13. The maximum absolute atomic E-state index is 6.13. The first-order valence-corrected chi connectivity index (χ1v) is 12.4. The summed E-state index contributed by atoms with van der Waals surface area (Å²) in [6.07, 6.45) is 0. The van der Waals surface area contributed by atoms with Crippen LogP contribution in [-0.2, 0) is 37.0 Å². The number of ether oxygens (including phenoxy) is 1. The van der Waals surface area contributed by atoms with E-state index in [1.807, 2.05) is 0 Å². The first-order valence-electron chi connectivity index (χ1n) is 8.43. The van der Waals surface area contributed by atoms with Crippen molar-refractivity contribution >= 4 is 14.0 Å². The fourth-order valence-electron chi connectivity index (χ4n) is 2.63. The molecule has 0 aliphatic rings. The second-order valence-corrected chi connectivity index (χ2v) is 11.9. The molecule has 3 aromatic rings. The molecule has 0 aliphatic heterocycles. The molecule has 0 bridgehead atoms. The average molecular weight is 535 g/mol. The molecule has 0 saturated carbocycles. The zero-order valence-electron chi connectivity index (χ0n) is 15.0. The maximum atomic E-state index is 6.13. The van der Waals surface area contributed by atoms with Crippen LogP contribution in [0, 0.1) is 0 Å². The number of benzene rings is 3. The summed E-state index contributed by atoms with van der Waals surface area (Å²) in [5.41, 5.74) is -0.157. The topological polar surface area (TPSA) is 9.23 Å². The minimum absolute atomic E-state index is 0.0808. The Bertz CT molecular complexity index is 786. The molecule has 0 N–H and O–H groups in total. The normalized spacial score (nSPS) is 11.6. The Balaban J connectivity index is 2.04. The summed E-state index contributed by atoms with van der Waals surface area (Å²) in [5, 5.41) is 0. The van der Waals surface area contributed by atoms with Crippen molar-refractivity contribution in [2.45, 2.75) is 41.1 Å². The van der Waals surface area contributed by atoms with Gasteiger partial charge in [-0.2, -0.15) is 0 Å². The van der Waals surface area contributed by atoms with Gasteiger partial charge in [-0.15, -0.1) is 0 Å². The Morgan fingerprint density at radius 2 is 1.24 bits per heavy atom. The molecule has 0 spiro atoms. The average Bonchev–Trinajstić information content (AvgIpc) is 2.58. The first-order chi connectivity index (χ1) is 11.9. The van der Waals surface area contributed by atoms with Gasteiger partial charge in [0, 0.05) is 0 Å². The molecular formula is C22H22HgOS+. The van der Waals surface area contributed by atoms with E-state index in [1.54, 1.807) is 0 Å². The molecule has 1 nitrogen and oxygen atoms in total. The third-order valence-electron chi connectivity index (χ3n) is 3.64. The van der Waals surface area contributed by atoms with E-state index in [1.165, 1.54) is 17.8 Å². The number of hydrogen-bond acceptors (Lipinski definition) is 1. The minimum atomic E-state index is -0.157. The van der Waals surface area contributed by atoms with E-state index >= 15 is 0 Å². The fourth-order valence-corrected chi connectivity index (χ4v) is 6.94. The zero-order chi connectivity index (χ0) is 17.9. The van der Waals surface area contributed by atoms with Crippen LogP contribution in [-0.4, -0.2) is 5.60 Å². The van der Waals surface area contributed by atoms with Gasteiger partial charge in [0.1, 0.15) is 0 Å². The molecule has 0 fully saturated rings. The van der Waals surface area contributed by atoms with Crippen LogP contribution in [0.2, 0.25) is 0 Å². The van der Waals surface area contributed by atoms with Gasteiger partial charge in [-0.1, -0.05) is 0 Å². The van der Waals surface area contributed by atoms with Crippen LogP contribution in [0.3, 0.4) is 0 Å². The van der Waals surface area contributed by atoms with Crippen molar-refractivity contribution in [3.05, 3.63) is 78.9 Å². The van der Waals surface area contributed by atoms with Crippen LogP contribution in [0.1, 0.15) is 20.8 Å². The molecule has 0 heterocycles. The van der Waals surface area contributed by atoms with Gasteiger partial charge in [-0.25, -0.2) is 0 Å². The first kappa shape index (κ1) is 18.5. The predicted molar refractivity (Wildman–Crippen MR) is 102 cm³/mol. The second-order valence-electron chi connectivity index (χ2n) is 6.92. The van der Waals surface area contributed by atoms with Gasteiger partial charge in [-0.3, -0.25) is 0 Å². The van der Waals surface area contributed by atoms with Gasteiger partial charge in [0.05, 0.1) is 0 Å². The zero-order valence-corrected chi connectivity index (χ0v) is 21.3. The van der Waals surface area contributed by atoms with E-state index in [-0.39, 0.29) is 16.5 Å². The Hall–Kier alpha value is -1.25. The van der Waals surface area contributed by atoms with Crippen molar-refractivity contribution in [1.82, 2.24) is 0 Å². The summed E-state index contributed by atoms with van der Waals surface area (Å²) in [6.45, 7) is 6.31. The van der Waals surface area contributed by atoms with Gasteiger partial charge in [0.2, 0.25) is 0 Å². The fraction of sp³-hybridized carbons (Fsp3) is 0.182. The van der Waals surface area contributed by atoms with Gasteiger partial charge in [-0.05, 0) is 0 Å². The summed E-state index contributed by atoms with van der Waals surface area (Å²) in [4.78, 5) is 4.07. The molecule has 0 aromatic heterocycles. The van der Waals surface area contributed by atoms with E-state index in [0.717, 1.165) is 5.75 Å². The van der Waals surface area contributed by atoms with Gasteiger partial charge in [0.25, 0.3) is 0 Å². The molecule has 0 radical (unpaired) electrons. The molecule has 3 aromatic carbocycles. The van der Waals surface area contributed by atoms with Gasteiger partial charge < -0.3 is 0 Å². The third-order valence-corrected chi connectivity index (χ3v) is 8.00. The van der Waals surface area contributed by atoms with Crippen LogP contribution in [0.15, 0.2) is 93.5 Å². The third kappa shape index (κ3) is 4.89. The van der Waals surface area contributed by atoms with Crippen LogP contribution in [0.5, 0.6) is 5.75 Å². The van der Waals surface area contributed by atoms with Crippen LogP contribution in [0.25, 0.3) is 0 Å². The molecule has 0 aliphatic carbocycles. The molecule has 3 rings (SSSR count). The van der Waals surface area contributed by atoms with Crippen molar-refractivity contribution in [1.29, 1.82) is 0 Å². The second kappa shape index (κ2) is 7.97. The molecule has 0 atom stereocenters. The van der Waals surface area contributed by atoms with Crippen molar-refractivity contribution < 1.29 is 30.9 Å². The molecule has 0 unspecified atom stereocenters. The number of hydrogen-bond donors (Lipinski definition) is 0. The van der Waals surface area contributed by atoms with E-state index in [4.69, 9.17) is 4.74 Å². The van der Waals surface area contributed by atoms with Crippen LogP contribution in [0.4, 0.5) is 0 Å². The van der Waals surface area contributed by atoms with E-state index in [9.17, 15) is 0 Å². The number of rotatable bonds is 4. The molecule has 3 heteroatoms. The van der Waals surface area contributed by atoms with Gasteiger partial charge in [0.15, 0.2) is 0 Å². The van der Waals surface area contributed by atoms with E-state index in [2.05, 4.69) is 99.6 Å². The van der Waals surface area contributed by atoms with Crippen molar-refractivity contribution in [2.75, 3.05) is 0 Å².